The van der Waals surface area contributed by atoms with Crippen LogP contribution in [0.25, 0.3) is 11.4 Å². The molecule has 1 saturated carbocycles. The summed E-state index contributed by atoms with van der Waals surface area (Å²) in [5.74, 6) is 2.64. The molecule has 1 aliphatic carbocycles. The molecule has 0 unspecified atom stereocenters. The summed E-state index contributed by atoms with van der Waals surface area (Å²) in [6.07, 6.45) is 4.71. The molecule has 1 saturated heterocycles. The molecule has 2 fully saturated rings. The Hall–Kier alpha value is -3.35. The van der Waals surface area contributed by atoms with Crippen molar-refractivity contribution in [3.63, 3.8) is 0 Å². The van der Waals surface area contributed by atoms with Gasteiger partial charge in [-0.05, 0) is 37.1 Å². The van der Waals surface area contributed by atoms with Gasteiger partial charge in [0, 0.05) is 55.0 Å². The highest BCUT2D eigenvalue weighted by Gasteiger charge is 2.24. The van der Waals surface area contributed by atoms with Gasteiger partial charge < -0.3 is 19.1 Å². The van der Waals surface area contributed by atoms with Crippen molar-refractivity contribution < 1.29 is 14.1 Å². The van der Waals surface area contributed by atoms with Crippen LogP contribution in [-0.4, -0.2) is 54.2 Å². The van der Waals surface area contributed by atoms with Gasteiger partial charge in [-0.2, -0.15) is 4.98 Å². The van der Waals surface area contributed by atoms with E-state index in [-0.39, 0.29) is 5.91 Å². The molecule has 0 N–H and O–H groups in total. The van der Waals surface area contributed by atoms with Crippen molar-refractivity contribution in [2.24, 2.45) is 0 Å². The molecule has 166 valence electrons. The lowest BCUT2D eigenvalue weighted by atomic mass is 10.1. The van der Waals surface area contributed by atoms with Gasteiger partial charge in [0.2, 0.25) is 11.7 Å². The Bertz CT molecular complexity index is 1060. The number of ether oxygens (including phenoxy) is 1. The monoisotopic (exact) mass is 432 g/mol. The van der Waals surface area contributed by atoms with Crippen LogP contribution in [0.5, 0.6) is 5.75 Å². The first-order chi connectivity index (χ1) is 15.7. The maximum atomic E-state index is 13.0. The average molecular weight is 433 g/mol. The Morgan fingerprint density at radius 1 is 1.03 bits per heavy atom. The van der Waals surface area contributed by atoms with E-state index in [1.165, 1.54) is 12.8 Å². The Balaban J connectivity index is 1.21. The number of aromatic nitrogens is 2. The summed E-state index contributed by atoms with van der Waals surface area (Å²) in [4.78, 5) is 21.8. The lowest BCUT2D eigenvalue weighted by Crippen LogP contribution is -2.48. The molecule has 1 aromatic heterocycles. The van der Waals surface area contributed by atoms with Crippen molar-refractivity contribution >= 4 is 11.6 Å². The highest BCUT2D eigenvalue weighted by Crippen LogP contribution is 2.34. The lowest BCUT2D eigenvalue weighted by Gasteiger charge is -2.36. The second-order valence-electron chi connectivity index (χ2n) is 8.50. The Morgan fingerprint density at radius 3 is 2.50 bits per heavy atom. The SMILES string of the molecule is COc1cccc(N2CCN(C(=O)c3ccc(-c4noc(C5CCCC5)n4)cc3)CC2)c1. The summed E-state index contributed by atoms with van der Waals surface area (Å²) in [7, 11) is 1.67. The largest absolute Gasteiger partial charge is 0.497 e. The van der Waals surface area contributed by atoms with Gasteiger partial charge in [-0.1, -0.05) is 36.2 Å². The van der Waals surface area contributed by atoms with Crippen LogP contribution in [0.3, 0.4) is 0 Å². The minimum Gasteiger partial charge on any atom is -0.497 e. The maximum absolute atomic E-state index is 13.0. The van der Waals surface area contributed by atoms with Gasteiger partial charge in [-0.3, -0.25) is 4.79 Å². The maximum Gasteiger partial charge on any atom is 0.253 e. The van der Waals surface area contributed by atoms with Crippen molar-refractivity contribution in [2.75, 3.05) is 38.2 Å². The standard InChI is InChI=1S/C25H28N4O3/c1-31-22-8-4-7-21(17-22)28-13-15-29(16-14-28)25(30)20-11-9-18(10-12-20)23-26-24(32-27-23)19-5-2-3-6-19/h4,7-12,17,19H,2-3,5-6,13-16H2,1H3. The second-order valence-corrected chi connectivity index (χ2v) is 8.50. The molecule has 2 heterocycles. The summed E-state index contributed by atoms with van der Waals surface area (Å²) in [6.45, 7) is 2.97. The molecule has 0 bridgehead atoms. The summed E-state index contributed by atoms with van der Waals surface area (Å²) in [5.41, 5.74) is 2.68. The number of anilines is 1. The summed E-state index contributed by atoms with van der Waals surface area (Å²) < 4.78 is 10.8. The third-order valence-electron chi connectivity index (χ3n) is 6.52. The van der Waals surface area contributed by atoms with Crippen molar-refractivity contribution in [2.45, 2.75) is 31.6 Å². The molecule has 1 aliphatic heterocycles. The Morgan fingerprint density at radius 2 is 1.78 bits per heavy atom. The van der Waals surface area contributed by atoms with Gasteiger partial charge >= 0.3 is 0 Å². The fourth-order valence-corrected chi connectivity index (χ4v) is 4.61. The first kappa shape index (κ1) is 20.5. The fourth-order valence-electron chi connectivity index (χ4n) is 4.61. The number of carbonyl (C=O) groups is 1. The molecule has 0 atom stereocenters. The van der Waals surface area contributed by atoms with Gasteiger partial charge in [0.15, 0.2) is 0 Å². The predicted molar refractivity (Wildman–Crippen MR) is 122 cm³/mol. The number of amides is 1. The summed E-state index contributed by atoms with van der Waals surface area (Å²) >= 11 is 0. The zero-order valence-corrected chi connectivity index (χ0v) is 18.4. The number of piperazine rings is 1. The number of benzene rings is 2. The second kappa shape index (κ2) is 9.02. The van der Waals surface area contributed by atoms with Crippen LogP contribution in [0.1, 0.15) is 47.8 Å². The van der Waals surface area contributed by atoms with E-state index >= 15 is 0 Å². The van der Waals surface area contributed by atoms with E-state index < -0.39 is 0 Å². The van der Waals surface area contributed by atoms with E-state index in [2.05, 4.69) is 21.1 Å². The van der Waals surface area contributed by atoms with Crippen LogP contribution >= 0.6 is 0 Å². The van der Waals surface area contributed by atoms with Crippen LogP contribution in [0, 0.1) is 0 Å². The summed E-state index contributed by atoms with van der Waals surface area (Å²) in [6, 6.07) is 15.6. The van der Waals surface area contributed by atoms with Crippen LogP contribution < -0.4 is 9.64 Å². The van der Waals surface area contributed by atoms with Gasteiger partial charge in [0.1, 0.15) is 5.75 Å². The molecular formula is C25H28N4O3. The molecule has 7 heteroatoms. The lowest BCUT2D eigenvalue weighted by molar-refractivity contribution is 0.0747. The molecule has 32 heavy (non-hydrogen) atoms. The minimum absolute atomic E-state index is 0.0570. The van der Waals surface area contributed by atoms with E-state index in [9.17, 15) is 4.79 Å². The fraction of sp³-hybridized carbons (Fsp3) is 0.400. The quantitative estimate of drug-likeness (QED) is 0.596. The van der Waals surface area contributed by atoms with Crippen LogP contribution in [-0.2, 0) is 0 Å². The van der Waals surface area contributed by atoms with Crippen LogP contribution in [0.4, 0.5) is 5.69 Å². The average Bonchev–Trinajstić information content (AvgIpc) is 3.56. The van der Waals surface area contributed by atoms with E-state index in [0.717, 1.165) is 48.8 Å². The Kier molecular flexibility index (Phi) is 5.79. The molecule has 7 nitrogen and oxygen atoms in total. The van der Waals surface area contributed by atoms with E-state index in [1.807, 2.05) is 47.4 Å². The number of nitrogens with zero attached hydrogens (tertiary/aromatic N) is 4. The molecular weight excluding hydrogens is 404 g/mol. The first-order valence-corrected chi connectivity index (χ1v) is 11.3. The molecule has 1 amide bonds. The smallest absolute Gasteiger partial charge is 0.253 e. The predicted octanol–water partition coefficient (Wildman–Crippen LogP) is 4.37. The van der Waals surface area contributed by atoms with Gasteiger partial charge in [0.25, 0.3) is 5.91 Å². The van der Waals surface area contributed by atoms with Crippen molar-refractivity contribution in [1.29, 1.82) is 0 Å². The molecule has 3 aromatic rings. The van der Waals surface area contributed by atoms with Crippen molar-refractivity contribution in [1.82, 2.24) is 15.0 Å². The van der Waals surface area contributed by atoms with Crippen LogP contribution in [0.2, 0.25) is 0 Å². The number of methoxy groups -OCH3 is 1. The Labute approximate surface area is 188 Å². The topological polar surface area (TPSA) is 71.7 Å². The number of carbonyl (C=O) groups excluding carboxylic acids is 1. The number of hydrogen-bond acceptors (Lipinski definition) is 6. The molecule has 2 aliphatic rings. The van der Waals surface area contributed by atoms with Crippen LogP contribution in [0.15, 0.2) is 53.1 Å². The van der Waals surface area contributed by atoms with Gasteiger partial charge in [0.05, 0.1) is 7.11 Å². The number of hydrogen-bond donors (Lipinski definition) is 0. The molecule has 0 radical (unpaired) electrons. The highest BCUT2D eigenvalue weighted by atomic mass is 16.5. The van der Waals surface area contributed by atoms with Crippen molar-refractivity contribution in [3.05, 3.63) is 60.0 Å². The number of rotatable bonds is 5. The minimum atomic E-state index is 0.0570. The normalized spacial score (nSPS) is 17.0. The first-order valence-electron chi connectivity index (χ1n) is 11.3. The van der Waals surface area contributed by atoms with Gasteiger partial charge in [-0.15, -0.1) is 0 Å². The van der Waals surface area contributed by atoms with Crippen molar-refractivity contribution in [3.8, 4) is 17.1 Å². The molecule has 5 rings (SSSR count). The van der Waals surface area contributed by atoms with Gasteiger partial charge in [-0.25, -0.2) is 0 Å². The third kappa shape index (κ3) is 4.20. The van der Waals surface area contributed by atoms with E-state index in [0.29, 0.717) is 30.4 Å². The highest BCUT2D eigenvalue weighted by molar-refractivity contribution is 5.94. The van der Waals surface area contributed by atoms with E-state index in [4.69, 9.17) is 9.26 Å². The van der Waals surface area contributed by atoms with E-state index in [1.54, 1.807) is 7.11 Å². The molecule has 2 aromatic carbocycles. The molecule has 0 spiro atoms. The third-order valence-corrected chi connectivity index (χ3v) is 6.52. The summed E-state index contributed by atoms with van der Waals surface area (Å²) in [5, 5.41) is 4.15. The zero-order chi connectivity index (χ0) is 21.9. The zero-order valence-electron chi connectivity index (χ0n) is 18.4.